The van der Waals surface area contributed by atoms with Crippen LogP contribution in [0.5, 0.6) is 0 Å². The highest BCUT2D eigenvalue weighted by Crippen LogP contribution is 2.26. The van der Waals surface area contributed by atoms with E-state index in [-0.39, 0.29) is 11.9 Å². The van der Waals surface area contributed by atoms with E-state index in [1.165, 1.54) is 0 Å². The van der Waals surface area contributed by atoms with Crippen molar-refractivity contribution in [2.75, 3.05) is 10.6 Å². The molecule has 96 valence electrons. The van der Waals surface area contributed by atoms with Crippen LogP contribution >= 0.6 is 11.6 Å². The van der Waals surface area contributed by atoms with Gasteiger partial charge >= 0.3 is 0 Å². The topological polar surface area (TPSA) is 54.0 Å². The van der Waals surface area contributed by atoms with Crippen LogP contribution in [0.4, 0.5) is 11.5 Å². The minimum absolute atomic E-state index is 0.128. The Balaban J connectivity index is 1.72. The van der Waals surface area contributed by atoms with Gasteiger partial charge in [-0.3, -0.25) is 4.79 Å². The third-order valence-electron chi connectivity index (χ3n) is 3.09. The molecule has 0 aliphatic carbocycles. The van der Waals surface area contributed by atoms with E-state index in [1.807, 2.05) is 24.3 Å². The summed E-state index contributed by atoms with van der Waals surface area (Å²) in [7, 11) is 0. The number of anilines is 2. The summed E-state index contributed by atoms with van der Waals surface area (Å²) in [5, 5.41) is 6.37. The molecule has 2 heterocycles. The first kappa shape index (κ1) is 12.0. The standard InChI is InChI=1S/C14H12ClN3O/c15-10-5-3-7-16-13(10)18-14(19)12-8-9-4-1-2-6-11(9)17-12/h1-7,12,17H,8H2,(H,16,18,19)/t12-/m0/s1. The summed E-state index contributed by atoms with van der Waals surface area (Å²) in [6, 6.07) is 11.0. The van der Waals surface area contributed by atoms with E-state index in [9.17, 15) is 4.79 Å². The van der Waals surface area contributed by atoms with Crippen molar-refractivity contribution in [3.63, 3.8) is 0 Å². The van der Waals surface area contributed by atoms with Gasteiger partial charge in [-0.1, -0.05) is 29.8 Å². The minimum Gasteiger partial charge on any atom is -0.373 e. The van der Waals surface area contributed by atoms with E-state index in [1.54, 1.807) is 18.3 Å². The number of carbonyl (C=O) groups excluding carboxylic acids is 1. The maximum atomic E-state index is 12.2. The summed E-state index contributed by atoms with van der Waals surface area (Å²) in [5.74, 6) is 0.267. The molecule has 19 heavy (non-hydrogen) atoms. The molecule has 0 bridgehead atoms. The molecule has 0 unspecified atom stereocenters. The lowest BCUT2D eigenvalue weighted by molar-refractivity contribution is -0.116. The zero-order valence-electron chi connectivity index (χ0n) is 10.1. The third kappa shape index (κ3) is 2.39. The lowest BCUT2D eigenvalue weighted by atomic mass is 10.1. The Bertz CT molecular complexity index is 605. The highest BCUT2D eigenvalue weighted by atomic mass is 35.5. The van der Waals surface area contributed by atoms with Gasteiger partial charge in [-0.2, -0.15) is 0 Å². The monoisotopic (exact) mass is 273 g/mol. The molecule has 1 aliphatic rings. The SMILES string of the molecule is O=C(Nc1ncccc1Cl)[C@@H]1Cc2ccccc2N1. The van der Waals surface area contributed by atoms with Gasteiger partial charge in [-0.25, -0.2) is 4.98 Å². The number of aromatic nitrogens is 1. The summed E-state index contributed by atoms with van der Waals surface area (Å²) in [6.07, 6.45) is 2.27. The first-order valence-corrected chi connectivity index (χ1v) is 6.37. The molecule has 0 fully saturated rings. The Morgan fingerprint density at radius 1 is 1.32 bits per heavy atom. The summed E-state index contributed by atoms with van der Waals surface area (Å²) >= 11 is 5.97. The number of fused-ring (bicyclic) bond motifs is 1. The van der Waals surface area contributed by atoms with E-state index in [2.05, 4.69) is 15.6 Å². The molecular weight excluding hydrogens is 262 g/mol. The zero-order valence-corrected chi connectivity index (χ0v) is 10.8. The molecule has 0 saturated heterocycles. The zero-order chi connectivity index (χ0) is 13.2. The second-order valence-corrected chi connectivity index (χ2v) is 4.79. The van der Waals surface area contributed by atoms with Crippen molar-refractivity contribution in [1.82, 2.24) is 4.98 Å². The van der Waals surface area contributed by atoms with Crippen molar-refractivity contribution in [2.45, 2.75) is 12.5 Å². The number of pyridine rings is 1. The second-order valence-electron chi connectivity index (χ2n) is 4.38. The van der Waals surface area contributed by atoms with Gasteiger partial charge in [0.05, 0.1) is 5.02 Å². The number of hydrogen-bond donors (Lipinski definition) is 2. The molecule has 1 atom stereocenters. The Kier molecular flexibility index (Phi) is 3.09. The first-order chi connectivity index (χ1) is 9.24. The van der Waals surface area contributed by atoms with Crippen molar-refractivity contribution >= 4 is 29.0 Å². The lowest BCUT2D eigenvalue weighted by Gasteiger charge is -2.12. The summed E-state index contributed by atoms with van der Waals surface area (Å²) in [5.41, 5.74) is 2.16. The number of amides is 1. The Labute approximate surface area is 115 Å². The predicted molar refractivity (Wildman–Crippen MR) is 75.4 cm³/mol. The Morgan fingerprint density at radius 2 is 2.16 bits per heavy atom. The van der Waals surface area contributed by atoms with Crippen LogP contribution in [0.1, 0.15) is 5.56 Å². The average molecular weight is 274 g/mol. The molecule has 1 amide bonds. The van der Waals surface area contributed by atoms with E-state index in [0.717, 1.165) is 11.3 Å². The van der Waals surface area contributed by atoms with E-state index < -0.39 is 0 Å². The normalized spacial score (nSPS) is 16.6. The molecule has 0 saturated carbocycles. The minimum atomic E-state index is -0.282. The third-order valence-corrected chi connectivity index (χ3v) is 3.39. The summed E-state index contributed by atoms with van der Waals surface area (Å²) < 4.78 is 0. The van der Waals surface area contributed by atoms with E-state index in [0.29, 0.717) is 17.3 Å². The van der Waals surface area contributed by atoms with E-state index in [4.69, 9.17) is 11.6 Å². The number of rotatable bonds is 2. The molecule has 0 spiro atoms. The van der Waals surface area contributed by atoms with Gasteiger partial charge in [-0.05, 0) is 23.8 Å². The maximum Gasteiger partial charge on any atom is 0.248 e. The van der Waals surface area contributed by atoms with Crippen LogP contribution in [0, 0.1) is 0 Å². The number of nitrogens with one attached hydrogen (secondary N) is 2. The Hall–Kier alpha value is -2.07. The summed E-state index contributed by atoms with van der Waals surface area (Å²) in [4.78, 5) is 16.2. The van der Waals surface area contributed by atoms with Crippen molar-refractivity contribution in [2.24, 2.45) is 0 Å². The van der Waals surface area contributed by atoms with Crippen LogP contribution in [0.15, 0.2) is 42.6 Å². The number of carbonyl (C=O) groups is 1. The maximum absolute atomic E-state index is 12.2. The van der Waals surface area contributed by atoms with Gasteiger partial charge in [0.2, 0.25) is 5.91 Å². The molecule has 2 aromatic rings. The number of hydrogen-bond acceptors (Lipinski definition) is 3. The molecule has 1 aliphatic heterocycles. The summed E-state index contributed by atoms with van der Waals surface area (Å²) in [6.45, 7) is 0. The number of benzene rings is 1. The fourth-order valence-corrected chi connectivity index (χ4v) is 2.31. The van der Waals surface area contributed by atoms with Crippen molar-refractivity contribution < 1.29 is 4.79 Å². The second kappa shape index (κ2) is 4.90. The van der Waals surface area contributed by atoms with Crippen LogP contribution in [-0.4, -0.2) is 16.9 Å². The van der Waals surface area contributed by atoms with Gasteiger partial charge < -0.3 is 10.6 Å². The van der Waals surface area contributed by atoms with Gasteiger partial charge in [0, 0.05) is 18.3 Å². The molecule has 0 radical (unpaired) electrons. The fraction of sp³-hybridized carbons (Fsp3) is 0.143. The number of nitrogens with zero attached hydrogens (tertiary/aromatic N) is 1. The van der Waals surface area contributed by atoms with Crippen molar-refractivity contribution in [1.29, 1.82) is 0 Å². The molecule has 4 nitrogen and oxygen atoms in total. The highest BCUT2D eigenvalue weighted by molar-refractivity contribution is 6.33. The molecular formula is C14H12ClN3O. The number of para-hydroxylation sites is 1. The molecule has 1 aromatic carbocycles. The van der Waals surface area contributed by atoms with Crippen LogP contribution < -0.4 is 10.6 Å². The van der Waals surface area contributed by atoms with Gasteiger partial charge in [0.15, 0.2) is 5.82 Å². The van der Waals surface area contributed by atoms with Crippen molar-refractivity contribution in [3.05, 3.63) is 53.2 Å². The Morgan fingerprint density at radius 3 is 2.95 bits per heavy atom. The van der Waals surface area contributed by atoms with Crippen LogP contribution in [0.2, 0.25) is 5.02 Å². The van der Waals surface area contributed by atoms with Crippen molar-refractivity contribution in [3.8, 4) is 0 Å². The van der Waals surface area contributed by atoms with E-state index >= 15 is 0 Å². The smallest absolute Gasteiger partial charge is 0.248 e. The van der Waals surface area contributed by atoms with Gasteiger partial charge in [0.25, 0.3) is 0 Å². The van der Waals surface area contributed by atoms with Crippen LogP contribution in [0.3, 0.4) is 0 Å². The molecule has 1 aromatic heterocycles. The van der Waals surface area contributed by atoms with Gasteiger partial charge in [-0.15, -0.1) is 0 Å². The van der Waals surface area contributed by atoms with Gasteiger partial charge in [0.1, 0.15) is 6.04 Å². The highest BCUT2D eigenvalue weighted by Gasteiger charge is 2.26. The number of halogens is 1. The van der Waals surface area contributed by atoms with Crippen LogP contribution in [-0.2, 0) is 11.2 Å². The first-order valence-electron chi connectivity index (χ1n) is 6.00. The molecule has 3 rings (SSSR count). The molecule has 2 N–H and O–H groups in total. The lowest BCUT2D eigenvalue weighted by Crippen LogP contribution is -2.33. The average Bonchev–Trinajstić information content (AvgIpc) is 2.85. The molecule has 5 heteroatoms. The predicted octanol–water partition coefficient (Wildman–Crippen LogP) is 2.71. The van der Waals surface area contributed by atoms with Crippen LogP contribution in [0.25, 0.3) is 0 Å². The largest absolute Gasteiger partial charge is 0.373 e. The quantitative estimate of drug-likeness (QED) is 0.885. The fourth-order valence-electron chi connectivity index (χ4n) is 2.14.